The number of aryl methyl sites for hydroxylation is 1. The Bertz CT molecular complexity index is 618. The lowest BCUT2D eigenvalue weighted by molar-refractivity contribution is -0.116. The van der Waals surface area contributed by atoms with E-state index < -0.39 is 0 Å². The highest BCUT2D eigenvalue weighted by molar-refractivity contribution is 5.91. The summed E-state index contributed by atoms with van der Waals surface area (Å²) in [5.74, 6) is -0.118. The van der Waals surface area contributed by atoms with E-state index in [0.29, 0.717) is 6.54 Å². The van der Waals surface area contributed by atoms with Gasteiger partial charge in [0.2, 0.25) is 5.91 Å². The molecule has 2 rings (SSSR count). The summed E-state index contributed by atoms with van der Waals surface area (Å²) in [6.45, 7) is 2.48. The molecule has 0 aromatic heterocycles. The van der Waals surface area contributed by atoms with Crippen LogP contribution in [0.3, 0.4) is 0 Å². The molecule has 0 fully saturated rings. The van der Waals surface area contributed by atoms with Crippen LogP contribution in [-0.4, -0.2) is 5.91 Å². The van der Waals surface area contributed by atoms with Crippen LogP contribution in [0.15, 0.2) is 54.6 Å². The Morgan fingerprint density at radius 2 is 1.95 bits per heavy atom. The highest BCUT2D eigenvalue weighted by Gasteiger charge is 1.97. The quantitative estimate of drug-likeness (QED) is 0.660. The lowest BCUT2D eigenvalue weighted by Gasteiger charge is -2.03. The highest BCUT2D eigenvalue weighted by Crippen LogP contribution is 2.13. The van der Waals surface area contributed by atoms with E-state index >= 15 is 0 Å². The van der Waals surface area contributed by atoms with E-state index in [1.54, 1.807) is 6.08 Å². The lowest BCUT2D eigenvalue weighted by Crippen LogP contribution is -2.20. The number of nitrogens with one attached hydrogen (secondary N) is 1. The second kappa shape index (κ2) is 6.57. The molecule has 0 atom stereocenters. The van der Waals surface area contributed by atoms with Gasteiger partial charge in [-0.1, -0.05) is 42.5 Å². The van der Waals surface area contributed by atoms with Gasteiger partial charge in [-0.3, -0.25) is 4.79 Å². The normalized spacial score (nSPS) is 10.7. The maximum atomic E-state index is 11.7. The number of anilines is 1. The van der Waals surface area contributed by atoms with Crippen molar-refractivity contribution in [3.63, 3.8) is 0 Å². The number of amides is 1. The SMILES string of the molecule is Cc1ccc(/C=C/C(=O)NCc2ccccc2)cc1N. The van der Waals surface area contributed by atoms with E-state index in [9.17, 15) is 4.79 Å². The molecule has 0 aliphatic heterocycles. The highest BCUT2D eigenvalue weighted by atomic mass is 16.1. The number of rotatable bonds is 4. The molecule has 0 radical (unpaired) electrons. The van der Waals surface area contributed by atoms with E-state index in [0.717, 1.165) is 22.4 Å². The average molecular weight is 266 g/mol. The fourth-order valence-corrected chi connectivity index (χ4v) is 1.78. The Kier molecular flexibility index (Phi) is 4.56. The monoisotopic (exact) mass is 266 g/mol. The van der Waals surface area contributed by atoms with E-state index in [2.05, 4.69) is 5.32 Å². The molecule has 3 nitrogen and oxygen atoms in total. The number of benzene rings is 2. The molecule has 2 aromatic rings. The second-order valence-electron chi connectivity index (χ2n) is 4.65. The van der Waals surface area contributed by atoms with E-state index in [-0.39, 0.29) is 5.91 Å². The van der Waals surface area contributed by atoms with Gasteiger partial charge in [-0.25, -0.2) is 0 Å². The summed E-state index contributed by atoms with van der Waals surface area (Å²) in [4.78, 5) is 11.7. The van der Waals surface area contributed by atoms with E-state index in [1.165, 1.54) is 6.08 Å². The van der Waals surface area contributed by atoms with Gasteiger partial charge in [0.15, 0.2) is 0 Å². The van der Waals surface area contributed by atoms with Crippen molar-refractivity contribution in [1.29, 1.82) is 0 Å². The van der Waals surface area contributed by atoms with Gasteiger partial charge in [0.1, 0.15) is 0 Å². The van der Waals surface area contributed by atoms with Crippen LogP contribution in [0.25, 0.3) is 6.08 Å². The minimum absolute atomic E-state index is 0.118. The first-order chi connectivity index (χ1) is 9.65. The van der Waals surface area contributed by atoms with Crippen LogP contribution < -0.4 is 11.1 Å². The largest absolute Gasteiger partial charge is 0.398 e. The third kappa shape index (κ3) is 3.99. The minimum atomic E-state index is -0.118. The molecule has 1 amide bonds. The van der Waals surface area contributed by atoms with Crippen LogP contribution in [0.4, 0.5) is 5.69 Å². The van der Waals surface area contributed by atoms with Gasteiger partial charge in [0, 0.05) is 18.3 Å². The topological polar surface area (TPSA) is 55.1 Å². The molecule has 102 valence electrons. The Morgan fingerprint density at radius 1 is 1.20 bits per heavy atom. The molecule has 3 heteroatoms. The third-order valence-electron chi connectivity index (χ3n) is 3.04. The molecular weight excluding hydrogens is 248 g/mol. The summed E-state index contributed by atoms with van der Waals surface area (Å²) in [5.41, 5.74) is 9.60. The summed E-state index contributed by atoms with van der Waals surface area (Å²) >= 11 is 0. The average Bonchev–Trinajstić information content (AvgIpc) is 2.47. The van der Waals surface area contributed by atoms with Crippen molar-refractivity contribution >= 4 is 17.7 Å². The summed E-state index contributed by atoms with van der Waals surface area (Å²) in [5, 5.41) is 2.84. The van der Waals surface area contributed by atoms with Crippen molar-refractivity contribution in [1.82, 2.24) is 5.32 Å². The van der Waals surface area contributed by atoms with Crippen LogP contribution in [0.5, 0.6) is 0 Å². The Morgan fingerprint density at radius 3 is 2.65 bits per heavy atom. The summed E-state index contributed by atoms with van der Waals surface area (Å²) in [6, 6.07) is 15.5. The van der Waals surface area contributed by atoms with Crippen LogP contribution in [0.2, 0.25) is 0 Å². The van der Waals surface area contributed by atoms with E-state index in [4.69, 9.17) is 5.73 Å². The van der Waals surface area contributed by atoms with Crippen molar-refractivity contribution in [3.05, 3.63) is 71.3 Å². The molecule has 2 aromatic carbocycles. The van der Waals surface area contributed by atoms with Crippen molar-refractivity contribution in [2.24, 2.45) is 0 Å². The molecular formula is C17H18N2O. The fraction of sp³-hybridized carbons (Fsp3) is 0.118. The van der Waals surface area contributed by atoms with Crippen LogP contribution in [0, 0.1) is 6.92 Å². The maximum absolute atomic E-state index is 11.7. The van der Waals surface area contributed by atoms with Crippen LogP contribution in [0.1, 0.15) is 16.7 Å². The molecule has 0 saturated heterocycles. The number of nitrogen functional groups attached to an aromatic ring is 1. The zero-order valence-electron chi connectivity index (χ0n) is 11.5. The smallest absolute Gasteiger partial charge is 0.244 e. The molecule has 0 saturated carbocycles. The van der Waals surface area contributed by atoms with Gasteiger partial charge in [0.25, 0.3) is 0 Å². The molecule has 0 bridgehead atoms. The number of carbonyl (C=O) groups is 1. The van der Waals surface area contributed by atoms with E-state index in [1.807, 2.05) is 55.5 Å². The zero-order chi connectivity index (χ0) is 14.4. The van der Waals surface area contributed by atoms with Crippen molar-refractivity contribution in [3.8, 4) is 0 Å². The Hall–Kier alpha value is -2.55. The number of hydrogen-bond acceptors (Lipinski definition) is 2. The molecule has 3 N–H and O–H groups in total. The first-order valence-corrected chi connectivity index (χ1v) is 6.51. The van der Waals surface area contributed by atoms with Gasteiger partial charge in [-0.15, -0.1) is 0 Å². The standard InChI is InChI=1S/C17H18N2O/c1-13-7-8-14(11-16(13)18)9-10-17(20)19-12-15-5-3-2-4-6-15/h2-11H,12,18H2,1H3,(H,19,20)/b10-9+. The number of nitrogens with two attached hydrogens (primary N) is 1. The summed E-state index contributed by atoms with van der Waals surface area (Å²) in [7, 11) is 0. The van der Waals surface area contributed by atoms with Gasteiger partial charge in [0.05, 0.1) is 0 Å². The Labute approximate surface area is 119 Å². The van der Waals surface area contributed by atoms with Gasteiger partial charge in [-0.05, 0) is 35.8 Å². The number of carbonyl (C=O) groups excluding carboxylic acids is 1. The molecule has 0 heterocycles. The first-order valence-electron chi connectivity index (χ1n) is 6.51. The first kappa shape index (κ1) is 13.9. The van der Waals surface area contributed by atoms with Crippen LogP contribution in [-0.2, 0) is 11.3 Å². The predicted molar refractivity (Wildman–Crippen MR) is 82.9 cm³/mol. The zero-order valence-corrected chi connectivity index (χ0v) is 11.5. The fourth-order valence-electron chi connectivity index (χ4n) is 1.78. The lowest BCUT2D eigenvalue weighted by atomic mass is 10.1. The minimum Gasteiger partial charge on any atom is -0.398 e. The van der Waals surface area contributed by atoms with Crippen molar-refractivity contribution in [2.75, 3.05) is 5.73 Å². The second-order valence-corrected chi connectivity index (χ2v) is 4.65. The van der Waals surface area contributed by atoms with Gasteiger partial charge < -0.3 is 11.1 Å². The van der Waals surface area contributed by atoms with Gasteiger partial charge >= 0.3 is 0 Å². The van der Waals surface area contributed by atoms with Crippen molar-refractivity contribution in [2.45, 2.75) is 13.5 Å². The Balaban J connectivity index is 1.90. The van der Waals surface area contributed by atoms with Crippen molar-refractivity contribution < 1.29 is 4.79 Å². The molecule has 0 aliphatic carbocycles. The summed E-state index contributed by atoms with van der Waals surface area (Å²) in [6.07, 6.45) is 3.28. The predicted octanol–water partition coefficient (Wildman–Crippen LogP) is 2.91. The van der Waals surface area contributed by atoms with Crippen LogP contribution >= 0.6 is 0 Å². The number of hydrogen-bond donors (Lipinski definition) is 2. The summed E-state index contributed by atoms with van der Waals surface area (Å²) < 4.78 is 0. The molecule has 20 heavy (non-hydrogen) atoms. The molecule has 0 spiro atoms. The maximum Gasteiger partial charge on any atom is 0.244 e. The third-order valence-corrected chi connectivity index (χ3v) is 3.04. The molecule has 0 unspecified atom stereocenters. The molecule has 0 aliphatic rings. The van der Waals surface area contributed by atoms with Gasteiger partial charge in [-0.2, -0.15) is 0 Å².